The fourth-order valence-electron chi connectivity index (χ4n) is 3.33. The molecule has 0 aliphatic rings. The van der Waals surface area contributed by atoms with Crippen LogP contribution in [-0.2, 0) is 26.2 Å². The average Bonchev–Trinajstić information content (AvgIpc) is 2.72. The number of sulfonamides is 1. The minimum Gasteiger partial charge on any atom is -0.352 e. The summed E-state index contributed by atoms with van der Waals surface area (Å²) in [7, 11) is -3.77. The van der Waals surface area contributed by atoms with Gasteiger partial charge in [-0.05, 0) is 56.2 Å². The summed E-state index contributed by atoms with van der Waals surface area (Å²) in [4.78, 5) is 27.9. The Balaban J connectivity index is 2.44. The second kappa shape index (κ2) is 11.9. The lowest BCUT2D eigenvalue weighted by Crippen LogP contribution is -2.53. The topological polar surface area (TPSA) is 86.8 Å². The highest BCUT2D eigenvalue weighted by Gasteiger charge is 2.32. The zero-order chi connectivity index (χ0) is 24.8. The maximum atomic E-state index is 13.5. The van der Waals surface area contributed by atoms with Crippen LogP contribution in [0.15, 0.2) is 53.0 Å². The van der Waals surface area contributed by atoms with Crippen molar-refractivity contribution in [3.8, 4) is 0 Å². The molecule has 0 aliphatic heterocycles. The van der Waals surface area contributed by atoms with E-state index >= 15 is 0 Å². The van der Waals surface area contributed by atoms with E-state index in [1.165, 1.54) is 4.90 Å². The van der Waals surface area contributed by atoms with Crippen molar-refractivity contribution in [3.63, 3.8) is 0 Å². The molecule has 0 aromatic heterocycles. The summed E-state index contributed by atoms with van der Waals surface area (Å²) >= 11 is 9.65. The minimum absolute atomic E-state index is 0.0699. The zero-order valence-electron chi connectivity index (χ0n) is 19.1. The minimum atomic E-state index is -3.77. The number of benzene rings is 2. The van der Waals surface area contributed by atoms with Gasteiger partial charge in [-0.3, -0.25) is 13.9 Å². The molecule has 2 aromatic rings. The van der Waals surface area contributed by atoms with Gasteiger partial charge in [0, 0.05) is 22.1 Å². The maximum Gasteiger partial charge on any atom is 0.244 e. The molecule has 0 radical (unpaired) electrons. The van der Waals surface area contributed by atoms with E-state index < -0.39 is 28.5 Å². The molecule has 0 bridgehead atoms. The molecular weight excluding hydrogens is 530 g/mol. The molecule has 0 spiro atoms. The summed E-state index contributed by atoms with van der Waals surface area (Å²) in [6.45, 7) is 5.10. The van der Waals surface area contributed by atoms with Gasteiger partial charge in [-0.15, -0.1) is 0 Å². The van der Waals surface area contributed by atoms with Crippen molar-refractivity contribution < 1.29 is 18.0 Å². The Labute approximate surface area is 209 Å². The van der Waals surface area contributed by atoms with Crippen LogP contribution in [0, 0.1) is 0 Å². The molecule has 7 nitrogen and oxygen atoms in total. The van der Waals surface area contributed by atoms with Gasteiger partial charge in [0.05, 0.1) is 11.9 Å². The summed E-state index contributed by atoms with van der Waals surface area (Å²) in [6, 6.07) is 12.8. The summed E-state index contributed by atoms with van der Waals surface area (Å²) in [5.74, 6) is -0.809. The van der Waals surface area contributed by atoms with Crippen molar-refractivity contribution in [3.05, 3.63) is 63.6 Å². The fourth-order valence-corrected chi connectivity index (χ4v) is 4.64. The predicted octanol–water partition coefficient (Wildman–Crippen LogP) is 4.20. The Kier molecular flexibility index (Phi) is 9.75. The Morgan fingerprint density at radius 1 is 1.09 bits per heavy atom. The van der Waals surface area contributed by atoms with Gasteiger partial charge < -0.3 is 10.2 Å². The van der Waals surface area contributed by atoms with Crippen LogP contribution in [0.1, 0.15) is 32.8 Å². The molecule has 0 fully saturated rings. The molecule has 180 valence electrons. The van der Waals surface area contributed by atoms with E-state index in [0.29, 0.717) is 22.7 Å². The third kappa shape index (κ3) is 7.72. The number of amides is 2. The van der Waals surface area contributed by atoms with Gasteiger partial charge in [0.1, 0.15) is 12.6 Å². The number of nitrogens with zero attached hydrogens (tertiary/aromatic N) is 2. The maximum absolute atomic E-state index is 13.5. The van der Waals surface area contributed by atoms with E-state index in [-0.39, 0.29) is 18.5 Å². The zero-order valence-corrected chi connectivity index (χ0v) is 22.2. The number of hydrogen-bond acceptors (Lipinski definition) is 4. The van der Waals surface area contributed by atoms with Crippen LogP contribution < -0.4 is 9.62 Å². The van der Waals surface area contributed by atoms with Crippen molar-refractivity contribution in [2.24, 2.45) is 0 Å². The Morgan fingerprint density at radius 3 is 2.21 bits per heavy atom. The third-order valence-corrected chi connectivity index (χ3v) is 6.95. The molecule has 2 aromatic carbocycles. The van der Waals surface area contributed by atoms with Gasteiger partial charge in [0.15, 0.2) is 0 Å². The number of rotatable bonds is 10. The highest BCUT2D eigenvalue weighted by molar-refractivity contribution is 9.10. The average molecular weight is 559 g/mol. The monoisotopic (exact) mass is 557 g/mol. The quantitative estimate of drug-likeness (QED) is 0.474. The number of hydrogen-bond donors (Lipinski definition) is 1. The highest BCUT2D eigenvalue weighted by Crippen LogP contribution is 2.23. The van der Waals surface area contributed by atoms with E-state index in [1.54, 1.807) is 55.5 Å². The first-order valence-corrected chi connectivity index (χ1v) is 13.5. The number of carbonyl (C=O) groups is 2. The lowest BCUT2D eigenvalue weighted by Gasteiger charge is -2.33. The summed E-state index contributed by atoms with van der Waals surface area (Å²) in [6.07, 6.45) is 1.40. The summed E-state index contributed by atoms with van der Waals surface area (Å²) < 4.78 is 26.9. The fraction of sp³-hybridized carbons (Fsp3) is 0.391. The molecule has 33 heavy (non-hydrogen) atoms. The molecule has 10 heteroatoms. The second-order valence-electron chi connectivity index (χ2n) is 7.95. The smallest absolute Gasteiger partial charge is 0.244 e. The van der Waals surface area contributed by atoms with Crippen LogP contribution in [0.4, 0.5) is 5.69 Å². The number of anilines is 1. The first-order valence-electron chi connectivity index (χ1n) is 10.5. The van der Waals surface area contributed by atoms with Gasteiger partial charge in [-0.25, -0.2) is 8.42 Å². The molecule has 0 saturated carbocycles. The van der Waals surface area contributed by atoms with E-state index in [9.17, 15) is 18.0 Å². The van der Waals surface area contributed by atoms with Crippen LogP contribution >= 0.6 is 27.5 Å². The van der Waals surface area contributed by atoms with Crippen molar-refractivity contribution in [2.75, 3.05) is 17.1 Å². The molecule has 2 rings (SSSR count). The van der Waals surface area contributed by atoms with Crippen LogP contribution in [0.2, 0.25) is 5.02 Å². The summed E-state index contributed by atoms with van der Waals surface area (Å²) in [5, 5.41) is 3.31. The van der Waals surface area contributed by atoms with E-state index in [1.807, 2.05) is 13.8 Å². The standard InChI is InChI=1S/C23H29BrClN3O4S/c1-5-21(23(30)26-16(2)3)27(14-17-8-6-7-9-20(17)25)22(29)15-28(33(4,31)32)19-12-10-18(24)11-13-19/h6-13,16,21H,5,14-15H2,1-4H3,(H,26,30)/t21-/m1/s1. The van der Waals surface area contributed by atoms with Gasteiger partial charge in [0.2, 0.25) is 21.8 Å². The molecular formula is C23H29BrClN3O4S. The highest BCUT2D eigenvalue weighted by atomic mass is 79.9. The van der Waals surface area contributed by atoms with Crippen molar-refractivity contribution >= 4 is 55.1 Å². The van der Waals surface area contributed by atoms with Gasteiger partial charge in [-0.1, -0.05) is 52.7 Å². The Bertz CT molecular complexity index is 1080. The van der Waals surface area contributed by atoms with E-state index in [4.69, 9.17) is 11.6 Å². The molecule has 1 atom stereocenters. The van der Waals surface area contributed by atoms with Crippen LogP contribution in [0.3, 0.4) is 0 Å². The number of halogens is 2. The predicted molar refractivity (Wildman–Crippen MR) is 136 cm³/mol. The first-order chi connectivity index (χ1) is 15.4. The molecule has 0 aliphatic carbocycles. The molecule has 0 saturated heterocycles. The normalized spacial score (nSPS) is 12.3. The third-order valence-electron chi connectivity index (χ3n) is 4.91. The second-order valence-corrected chi connectivity index (χ2v) is 11.2. The summed E-state index contributed by atoms with van der Waals surface area (Å²) in [5.41, 5.74) is 1.02. The van der Waals surface area contributed by atoms with Crippen molar-refractivity contribution in [1.29, 1.82) is 0 Å². The van der Waals surface area contributed by atoms with Crippen LogP contribution in [-0.4, -0.2) is 50.0 Å². The SMILES string of the molecule is CC[C@H](C(=O)NC(C)C)N(Cc1ccccc1Cl)C(=O)CN(c1ccc(Br)cc1)S(C)(=O)=O. The molecule has 0 heterocycles. The van der Waals surface area contributed by atoms with E-state index in [2.05, 4.69) is 21.2 Å². The molecule has 0 unspecified atom stereocenters. The Morgan fingerprint density at radius 2 is 1.70 bits per heavy atom. The van der Waals surface area contributed by atoms with Crippen LogP contribution in [0.25, 0.3) is 0 Å². The molecule has 1 N–H and O–H groups in total. The van der Waals surface area contributed by atoms with Crippen LogP contribution in [0.5, 0.6) is 0 Å². The molecule has 2 amide bonds. The van der Waals surface area contributed by atoms with E-state index in [0.717, 1.165) is 15.0 Å². The first kappa shape index (κ1) is 27.1. The number of carbonyl (C=O) groups excluding carboxylic acids is 2. The lowest BCUT2D eigenvalue weighted by molar-refractivity contribution is -0.140. The van der Waals surface area contributed by atoms with Crippen molar-refractivity contribution in [2.45, 2.75) is 45.8 Å². The van der Waals surface area contributed by atoms with Gasteiger partial charge in [-0.2, -0.15) is 0 Å². The van der Waals surface area contributed by atoms with Gasteiger partial charge >= 0.3 is 0 Å². The lowest BCUT2D eigenvalue weighted by atomic mass is 10.1. The van der Waals surface area contributed by atoms with Crippen molar-refractivity contribution in [1.82, 2.24) is 10.2 Å². The Hall–Kier alpha value is -2.10. The largest absolute Gasteiger partial charge is 0.352 e. The van der Waals surface area contributed by atoms with Gasteiger partial charge in [0.25, 0.3) is 0 Å². The number of nitrogens with one attached hydrogen (secondary N) is 1.